The number of amides is 1. The molecule has 0 bridgehead atoms. The summed E-state index contributed by atoms with van der Waals surface area (Å²) in [6, 6.07) is 1.90. The fourth-order valence-electron chi connectivity index (χ4n) is 1.14. The summed E-state index contributed by atoms with van der Waals surface area (Å²) in [4.78, 5) is 12.6. The van der Waals surface area contributed by atoms with Gasteiger partial charge in [0.2, 0.25) is 5.91 Å². The molecule has 1 rings (SSSR count). The van der Waals surface area contributed by atoms with Crippen molar-refractivity contribution in [1.82, 2.24) is 5.32 Å². The van der Waals surface area contributed by atoms with E-state index in [-0.39, 0.29) is 23.9 Å². The van der Waals surface area contributed by atoms with Crippen LogP contribution >= 0.6 is 35.3 Å². The molecule has 0 aliphatic heterocycles. The lowest BCUT2D eigenvalue weighted by Gasteiger charge is -2.18. The van der Waals surface area contributed by atoms with Crippen LogP contribution in [0.1, 0.15) is 25.1 Å². The van der Waals surface area contributed by atoms with E-state index in [0.717, 1.165) is 16.3 Å². The zero-order chi connectivity index (χ0) is 12.2. The van der Waals surface area contributed by atoms with Gasteiger partial charge in [-0.2, -0.15) is 0 Å². The van der Waals surface area contributed by atoms with Crippen molar-refractivity contribution in [3.63, 3.8) is 0 Å². The van der Waals surface area contributed by atoms with Crippen LogP contribution in [0.15, 0.2) is 11.4 Å². The first-order valence-electron chi connectivity index (χ1n) is 5.15. The van der Waals surface area contributed by atoms with Crippen molar-refractivity contribution in [3.8, 4) is 0 Å². The topological polar surface area (TPSA) is 55.1 Å². The van der Waals surface area contributed by atoms with E-state index in [1.165, 1.54) is 0 Å². The third kappa shape index (κ3) is 7.60. The number of carbonyl (C=O) groups is 1. The van der Waals surface area contributed by atoms with Crippen molar-refractivity contribution in [3.05, 3.63) is 21.3 Å². The number of nitrogens with two attached hydrogens (primary N) is 1. The van der Waals surface area contributed by atoms with Crippen LogP contribution in [0.3, 0.4) is 0 Å². The van der Waals surface area contributed by atoms with Crippen LogP contribution in [-0.4, -0.2) is 18.0 Å². The number of carbonyl (C=O) groups excluding carboxylic acids is 1. The Hall–Kier alpha value is -0.290. The Bertz CT molecular complexity index is 361. The summed E-state index contributed by atoms with van der Waals surface area (Å²) < 4.78 is 0. The highest BCUT2D eigenvalue weighted by Gasteiger charge is 2.12. The molecule has 1 aromatic rings. The summed E-state index contributed by atoms with van der Waals surface area (Å²) in [5.74, 6) is 0.0306. The van der Waals surface area contributed by atoms with E-state index in [4.69, 9.17) is 17.3 Å². The largest absolute Gasteiger partial charge is 0.354 e. The molecule has 0 saturated carbocycles. The zero-order valence-electron chi connectivity index (χ0n) is 9.96. The van der Waals surface area contributed by atoms with Gasteiger partial charge in [0.25, 0.3) is 0 Å². The van der Waals surface area contributed by atoms with Gasteiger partial charge in [0.05, 0.1) is 5.02 Å². The quantitative estimate of drug-likeness (QED) is 0.877. The van der Waals surface area contributed by atoms with Crippen LogP contribution in [0.25, 0.3) is 0 Å². The lowest BCUT2D eigenvalue weighted by atomic mass is 10.1. The zero-order valence-corrected chi connectivity index (χ0v) is 12.3. The normalized spacial score (nSPS) is 10.8. The summed E-state index contributed by atoms with van der Waals surface area (Å²) in [7, 11) is 0. The minimum Gasteiger partial charge on any atom is -0.354 e. The Labute approximate surface area is 117 Å². The molecule has 0 fully saturated rings. The Morgan fingerprint density at radius 1 is 1.59 bits per heavy atom. The van der Waals surface area contributed by atoms with Crippen LogP contribution in [0.2, 0.25) is 5.02 Å². The first-order chi connectivity index (χ1) is 7.37. The molecule has 0 atom stereocenters. The maximum Gasteiger partial charge on any atom is 0.220 e. The van der Waals surface area contributed by atoms with Crippen molar-refractivity contribution >= 4 is 41.3 Å². The summed E-state index contributed by atoms with van der Waals surface area (Å²) in [5.41, 5.74) is 5.41. The van der Waals surface area contributed by atoms with Crippen LogP contribution < -0.4 is 11.1 Å². The molecule has 98 valence electrons. The van der Waals surface area contributed by atoms with E-state index >= 15 is 0 Å². The highest BCUT2D eigenvalue weighted by molar-refractivity contribution is 7.10. The first-order valence-corrected chi connectivity index (χ1v) is 6.41. The van der Waals surface area contributed by atoms with Gasteiger partial charge in [-0.3, -0.25) is 4.79 Å². The van der Waals surface area contributed by atoms with Gasteiger partial charge >= 0.3 is 0 Å². The summed E-state index contributed by atoms with van der Waals surface area (Å²) in [6.45, 7) is 4.26. The molecule has 0 aliphatic rings. The summed E-state index contributed by atoms with van der Waals surface area (Å²) >= 11 is 7.37. The molecule has 0 unspecified atom stereocenters. The lowest BCUT2D eigenvalue weighted by Crippen LogP contribution is -2.45. The number of halogens is 2. The molecule has 0 aromatic carbocycles. The highest BCUT2D eigenvalue weighted by atomic mass is 35.5. The summed E-state index contributed by atoms with van der Waals surface area (Å²) in [6.07, 6.45) is 1.21. The maximum absolute atomic E-state index is 11.5. The second kappa shape index (κ2) is 7.21. The number of nitrogens with one attached hydrogen (secondary N) is 1. The first kappa shape index (κ1) is 16.7. The van der Waals surface area contributed by atoms with Crippen LogP contribution in [0.4, 0.5) is 0 Å². The van der Waals surface area contributed by atoms with Crippen LogP contribution in [0.5, 0.6) is 0 Å². The van der Waals surface area contributed by atoms with Gasteiger partial charge in [-0.25, -0.2) is 0 Å². The second-order valence-electron chi connectivity index (χ2n) is 4.50. The third-order valence-electron chi connectivity index (χ3n) is 1.96. The van der Waals surface area contributed by atoms with Gasteiger partial charge < -0.3 is 11.1 Å². The van der Waals surface area contributed by atoms with Gasteiger partial charge in [0.1, 0.15) is 0 Å². The lowest BCUT2D eigenvalue weighted by molar-refractivity contribution is -0.121. The Balaban J connectivity index is 0.00000256. The van der Waals surface area contributed by atoms with E-state index < -0.39 is 0 Å². The molecule has 1 amide bonds. The van der Waals surface area contributed by atoms with Crippen molar-refractivity contribution in [2.45, 2.75) is 32.2 Å². The Morgan fingerprint density at radius 3 is 2.71 bits per heavy atom. The van der Waals surface area contributed by atoms with Gasteiger partial charge in [0.15, 0.2) is 0 Å². The van der Waals surface area contributed by atoms with Crippen molar-refractivity contribution in [2.75, 3.05) is 6.54 Å². The predicted molar refractivity (Wildman–Crippen MR) is 76.2 cm³/mol. The Morgan fingerprint density at radius 2 is 2.24 bits per heavy atom. The number of hydrogen-bond donors (Lipinski definition) is 2. The maximum atomic E-state index is 11.5. The standard InChI is InChI=1S/C11H17ClN2OS.ClH/c1-11(2,13)7-14-10(15)4-3-9-5-8(12)6-16-9;/h5-6H,3-4,7,13H2,1-2H3,(H,14,15);1H. The molecule has 3 nitrogen and oxygen atoms in total. The smallest absolute Gasteiger partial charge is 0.220 e. The molecule has 17 heavy (non-hydrogen) atoms. The van der Waals surface area contributed by atoms with E-state index in [1.807, 2.05) is 25.3 Å². The predicted octanol–water partition coefficient (Wildman–Crippen LogP) is 2.61. The number of aryl methyl sites for hydroxylation is 1. The molecule has 0 saturated heterocycles. The fraction of sp³-hybridized carbons (Fsp3) is 0.545. The molecule has 3 N–H and O–H groups in total. The second-order valence-corrected chi connectivity index (χ2v) is 5.93. The molecule has 0 radical (unpaired) electrons. The van der Waals surface area contributed by atoms with E-state index in [2.05, 4.69) is 5.32 Å². The van der Waals surface area contributed by atoms with Gasteiger partial charge in [-0.15, -0.1) is 23.7 Å². The van der Waals surface area contributed by atoms with Gasteiger partial charge in [-0.1, -0.05) is 11.6 Å². The minimum atomic E-state index is -0.359. The number of hydrogen-bond acceptors (Lipinski definition) is 3. The molecule has 0 aliphatic carbocycles. The third-order valence-corrected chi connectivity index (χ3v) is 3.31. The summed E-state index contributed by atoms with van der Waals surface area (Å²) in [5, 5.41) is 5.42. The van der Waals surface area contributed by atoms with Gasteiger partial charge in [-0.05, 0) is 26.3 Å². The molecular weight excluding hydrogens is 279 g/mol. The van der Waals surface area contributed by atoms with Crippen LogP contribution in [0, 0.1) is 0 Å². The molecule has 6 heteroatoms. The Kier molecular flexibility index (Phi) is 7.09. The van der Waals surface area contributed by atoms with Crippen LogP contribution in [-0.2, 0) is 11.2 Å². The number of thiophene rings is 1. The number of rotatable bonds is 5. The average Bonchev–Trinajstić information content (AvgIpc) is 2.57. The fourth-order valence-corrected chi connectivity index (χ4v) is 2.21. The van der Waals surface area contributed by atoms with E-state index in [1.54, 1.807) is 11.3 Å². The van der Waals surface area contributed by atoms with Crippen molar-refractivity contribution in [1.29, 1.82) is 0 Å². The molecule has 1 aromatic heterocycles. The van der Waals surface area contributed by atoms with Crippen molar-refractivity contribution in [2.24, 2.45) is 5.73 Å². The highest BCUT2D eigenvalue weighted by Crippen LogP contribution is 2.20. The molecular formula is C11H18Cl2N2OS. The van der Waals surface area contributed by atoms with Crippen molar-refractivity contribution < 1.29 is 4.79 Å². The molecule has 1 heterocycles. The SMILES string of the molecule is CC(C)(N)CNC(=O)CCc1cc(Cl)cs1.Cl. The average molecular weight is 297 g/mol. The van der Waals surface area contributed by atoms with E-state index in [0.29, 0.717) is 13.0 Å². The van der Waals surface area contributed by atoms with Gasteiger partial charge in [0, 0.05) is 28.8 Å². The minimum absolute atomic E-state index is 0. The monoisotopic (exact) mass is 296 g/mol. The molecule has 0 spiro atoms. The van der Waals surface area contributed by atoms with E-state index in [9.17, 15) is 4.79 Å².